The van der Waals surface area contributed by atoms with Crippen LogP contribution in [0.15, 0.2) is 0 Å². The van der Waals surface area contributed by atoms with E-state index in [1.807, 2.05) is 13.8 Å². The Labute approximate surface area is 262 Å². The Bertz CT molecular complexity index is 629. The lowest BCUT2D eigenvalue weighted by atomic mass is 9.86. The van der Waals surface area contributed by atoms with E-state index in [4.69, 9.17) is 16.2 Å². The Kier molecular flexibility index (Phi) is 24.2. The van der Waals surface area contributed by atoms with Crippen molar-refractivity contribution in [1.29, 1.82) is 0 Å². The molecule has 5 unspecified atom stereocenters. The van der Waals surface area contributed by atoms with E-state index < -0.39 is 11.7 Å². The van der Waals surface area contributed by atoms with Crippen LogP contribution in [0.5, 0.6) is 0 Å². The molecule has 0 aliphatic heterocycles. The number of hydrogen-bond acceptors (Lipinski definition) is 13. The third kappa shape index (κ3) is 19.6. The van der Waals surface area contributed by atoms with Gasteiger partial charge in [-0.1, -0.05) is 13.8 Å². The van der Waals surface area contributed by atoms with Gasteiger partial charge in [0.15, 0.2) is 0 Å². The molecule has 0 saturated heterocycles. The Morgan fingerprint density at radius 1 is 0.651 bits per heavy atom. The van der Waals surface area contributed by atoms with Crippen molar-refractivity contribution in [2.45, 2.75) is 45.5 Å². The van der Waals surface area contributed by atoms with Crippen molar-refractivity contribution in [2.24, 2.45) is 35.1 Å². The number of ether oxygens (including phenoxy) is 1. The summed E-state index contributed by atoms with van der Waals surface area (Å²) >= 11 is 0. The van der Waals surface area contributed by atoms with Crippen molar-refractivity contribution in [1.82, 2.24) is 42.5 Å². The summed E-state index contributed by atoms with van der Waals surface area (Å²) in [6, 6.07) is 0. The first-order chi connectivity index (χ1) is 20.8. The van der Waals surface area contributed by atoms with E-state index in [2.05, 4.69) is 56.4 Å². The molecular weight excluding hydrogens is 548 g/mol. The van der Waals surface area contributed by atoms with E-state index in [0.717, 1.165) is 98.2 Å². The minimum Gasteiger partial charge on any atom is -0.394 e. The monoisotopic (exact) mass is 619 g/mol. The molecule has 43 heavy (non-hydrogen) atoms. The summed E-state index contributed by atoms with van der Waals surface area (Å²) in [5.41, 5.74) is 9.96. The Morgan fingerprint density at radius 2 is 1.05 bits per heavy atom. The fourth-order valence-electron chi connectivity index (χ4n) is 5.53. The lowest BCUT2D eigenvalue weighted by Gasteiger charge is -2.35. The van der Waals surface area contributed by atoms with Crippen LogP contribution in [0.3, 0.4) is 0 Å². The number of rotatable bonds is 32. The molecule has 14 N–H and O–H groups in total. The van der Waals surface area contributed by atoms with Gasteiger partial charge < -0.3 is 69.0 Å². The lowest BCUT2D eigenvalue weighted by molar-refractivity contribution is -0.104. The van der Waals surface area contributed by atoms with Crippen LogP contribution in [-0.4, -0.2) is 152 Å². The molecule has 0 aromatic heterocycles. The van der Waals surface area contributed by atoms with Gasteiger partial charge in [0.2, 0.25) is 0 Å². The first kappa shape index (κ1) is 40.5. The molecule has 0 heterocycles. The number of aliphatic hydroxyl groups excluding tert-OH is 1. The van der Waals surface area contributed by atoms with Crippen LogP contribution in [0.2, 0.25) is 0 Å². The zero-order valence-electron chi connectivity index (χ0n) is 27.9. The molecule has 0 spiro atoms. The summed E-state index contributed by atoms with van der Waals surface area (Å²) in [7, 11) is 0. The van der Waals surface area contributed by atoms with Crippen LogP contribution in [-0.2, 0) is 4.74 Å². The minimum atomic E-state index is -0.979. The second kappa shape index (κ2) is 25.6. The summed E-state index contributed by atoms with van der Waals surface area (Å²) in [6.45, 7) is 23.4. The van der Waals surface area contributed by atoms with Crippen molar-refractivity contribution in [2.75, 3.05) is 124 Å². The topological polar surface area (TPSA) is 198 Å². The highest BCUT2D eigenvalue weighted by atomic mass is 16.5. The van der Waals surface area contributed by atoms with Gasteiger partial charge in [0.05, 0.1) is 24.4 Å². The number of hydrogen-bond donors (Lipinski definition) is 12. The summed E-state index contributed by atoms with van der Waals surface area (Å²) in [5, 5.41) is 48.5. The third-order valence-electron chi connectivity index (χ3n) is 8.05. The van der Waals surface area contributed by atoms with Crippen molar-refractivity contribution in [3.63, 3.8) is 0 Å². The first-order valence-corrected chi connectivity index (χ1v) is 16.8. The maximum absolute atomic E-state index is 11.0. The Balaban J connectivity index is 2.29. The fraction of sp³-hybridized carbons (Fsp3) is 1.00. The highest BCUT2D eigenvalue weighted by molar-refractivity contribution is 5.03. The lowest BCUT2D eigenvalue weighted by Crippen LogP contribution is -2.49. The molecule has 1 aliphatic carbocycles. The standard InChI is InChI=1S/C30H70N10O3/c1-24(2)28-25(21-39-19-17-37-15-13-35-11-9-33-7-5-31)29(28)43-27(23-41)26(30(3,4)42)22-40-20-18-38-16-14-36-12-10-34-8-6-32/h24-29,33-42H,5-23,31-32H2,1-4H3. The second-order valence-electron chi connectivity index (χ2n) is 12.6. The normalized spacial score (nSPS) is 20.2. The average Bonchev–Trinajstić information content (AvgIpc) is 3.66. The van der Waals surface area contributed by atoms with Crippen molar-refractivity contribution in [3.8, 4) is 0 Å². The van der Waals surface area contributed by atoms with E-state index in [0.29, 0.717) is 37.4 Å². The largest absolute Gasteiger partial charge is 0.394 e. The molecule has 0 aromatic carbocycles. The molecule has 1 aliphatic rings. The van der Waals surface area contributed by atoms with Crippen LogP contribution >= 0.6 is 0 Å². The molecule has 0 bridgehead atoms. The van der Waals surface area contributed by atoms with Gasteiger partial charge in [0, 0.05) is 130 Å². The summed E-state index contributed by atoms with van der Waals surface area (Å²) in [4.78, 5) is 0. The predicted octanol–water partition coefficient (Wildman–Crippen LogP) is -3.34. The quantitative estimate of drug-likeness (QED) is 0.0335. The summed E-state index contributed by atoms with van der Waals surface area (Å²) < 4.78 is 6.54. The molecule has 0 amide bonds. The van der Waals surface area contributed by atoms with Crippen LogP contribution in [0.25, 0.3) is 0 Å². The van der Waals surface area contributed by atoms with E-state index in [1.54, 1.807) is 0 Å². The Hall–Kier alpha value is -0.520. The average molecular weight is 619 g/mol. The molecule has 0 aromatic rings. The van der Waals surface area contributed by atoms with Crippen LogP contribution in [0.4, 0.5) is 0 Å². The highest BCUT2D eigenvalue weighted by Crippen LogP contribution is 2.47. The van der Waals surface area contributed by atoms with E-state index in [9.17, 15) is 10.2 Å². The molecule has 258 valence electrons. The molecule has 0 radical (unpaired) electrons. The van der Waals surface area contributed by atoms with Gasteiger partial charge in [-0.15, -0.1) is 0 Å². The smallest absolute Gasteiger partial charge is 0.0877 e. The van der Waals surface area contributed by atoms with E-state index in [-0.39, 0.29) is 18.6 Å². The Morgan fingerprint density at radius 3 is 1.42 bits per heavy atom. The van der Waals surface area contributed by atoms with E-state index in [1.165, 1.54) is 0 Å². The van der Waals surface area contributed by atoms with Gasteiger partial charge in [-0.3, -0.25) is 0 Å². The van der Waals surface area contributed by atoms with Gasteiger partial charge in [0.25, 0.3) is 0 Å². The van der Waals surface area contributed by atoms with Crippen molar-refractivity contribution < 1.29 is 14.9 Å². The summed E-state index contributed by atoms with van der Waals surface area (Å²) in [5.74, 6) is 1.15. The number of nitrogens with two attached hydrogens (primary N) is 2. The SMILES string of the molecule is CC(C)C1C(CNCCNCCNCCNCCN)C1OC(CO)C(CNCCNCCNCCNCCN)C(C)(C)O. The van der Waals surface area contributed by atoms with Crippen molar-refractivity contribution >= 4 is 0 Å². The molecule has 1 rings (SSSR count). The molecular formula is C30H70N10O3. The maximum atomic E-state index is 11.0. The minimum absolute atomic E-state index is 0.0965. The van der Waals surface area contributed by atoms with E-state index >= 15 is 0 Å². The second-order valence-corrected chi connectivity index (χ2v) is 12.6. The zero-order chi connectivity index (χ0) is 31.8. The van der Waals surface area contributed by atoms with Gasteiger partial charge >= 0.3 is 0 Å². The number of nitrogens with one attached hydrogen (secondary N) is 8. The molecule has 13 heteroatoms. The maximum Gasteiger partial charge on any atom is 0.0877 e. The molecule has 13 nitrogen and oxygen atoms in total. The van der Waals surface area contributed by atoms with Gasteiger partial charge in [-0.2, -0.15) is 0 Å². The van der Waals surface area contributed by atoms with Crippen LogP contribution in [0, 0.1) is 23.7 Å². The predicted molar refractivity (Wildman–Crippen MR) is 178 cm³/mol. The van der Waals surface area contributed by atoms with Crippen LogP contribution < -0.4 is 54.0 Å². The van der Waals surface area contributed by atoms with Crippen molar-refractivity contribution in [3.05, 3.63) is 0 Å². The summed E-state index contributed by atoms with van der Waals surface area (Å²) in [6.07, 6.45) is -0.326. The highest BCUT2D eigenvalue weighted by Gasteiger charge is 2.54. The fourth-order valence-corrected chi connectivity index (χ4v) is 5.53. The van der Waals surface area contributed by atoms with Gasteiger partial charge in [-0.25, -0.2) is 0 Å². The molecule has 5 atom stereocenters. The molecule has 1 saturated carbocycles. The number of aliphatic hydroxyl groups is 2. The van der Waals surface area contributed by atoms with Crippen LogP contribution in [0.1, 0.15) is 27.7 Å². The van der Waals surface area contributed by atoms with Gasteiger partial charge in [0.1, 0.15) is 0 Å². The van der Waals surface area contributed by atoms with Gasteiger partial charge in [-0.05, 0) is 25.7 Å². The zero-order valence-corrected chi connectivity index (χ0v) is 27.9. The third-order valence-corrected chi connectivity index (χ3v) is 8.05. The first-order valence-electron chi connectivity index (χ1n) is 16.8. The molecule has 1 fully saturated rings.